The molecule has 2 N–H and O–H groups in total. The van der Waals surface area contributed by atoms with Crippen molar-refractivity contribution in [2.24, 2.45) is 5.73 Å². The van der Waals surface area contributed by atoms with Crippen molar-refractivity contribution in [2.45, 2.75) is 13.0 Å². The van der Waals surface area contributed by atoms with Crippen LogP contribution in [0.25, 0.3) is 0 Å². The molecule has 17 heavy (non-hydrogen) atoms. The van der Waals surface area contributed by atoms with Crippen LogP contribution < -0.4 is 5.73 Å². The molecule has 0 aliphatic carbocycles. The first kappa shape index (κ1) is 14.1. The second-order valence-corrected chi connectivity index (χ2v) is 4.41. The van der Waals surface area contributed by atoms with E-state index in [9.17, 15) is 8.78 Å². The number of hydrogen-bond donors (Lipinski definition) is 1. The molecule has 1 aromatic carbocycles. The summed E-state index contributed by atoms with van der Waals surface area (Å²) in [7, 11) is 0. The van der Waals surface area contributed by atoms with Crippen LogP contribution in [-0.2, 0) is 0 Å². The predicted octanol–water partition coefficient (Wildman–Crippen LogP) is 3.80. The highest BCUT2D eigenvalue weighted by Gasteiger charge is 2.19. The van der Waals surface area contributed by atoms with Gasteiger partial charge in [-0.2, -0.15) is 11.3 Å². The third-order valence-corrected chi connectivity index (χ3v) is 3.23. The zero-order valence-corrected chi connectivity index (χ0v) is 10.7. The van der Waals surface area contributed by atoms with Crippen LogP contribution in [0.4, 0.5) is 8.78 Å². The fourth-order valence-corrected chi connectivity index (χ4v) is 2.28. The highest BCUT2D eigenvalue weighted by molar-refractivity contribution is 7.08. The Balaban J connectivity index is 0.00000144. The van der Waals surface area contributed by atoms with Crippen LogP contribution in [0.1, 0.15) is 22.7 Å². The number of aryl methyl sites for hydroxylation is 1. The molecule has 0 spiro atoms. The number of halogens is 3. The number of rotatable bonds is 2. The van der Waals surface area contributed by atoms with Gasteiger partial charge in [-0.15, -0.1) is 12.4 Å². The molecule has 1 aromatic heterocycles. The average molecular weight is 276 g/mol. The number of hydrogen-bond acceptors (Lipinski definition) is 2. The van der Waals surface area contributed by atoms with Gasteiger partial charge in [0, 0.05) is 5.56 Å². The maximum absolute atomic E-state index is 13.8. The van der Waals surface area contributed by atoms with Gasteiger partial charge in [-0.1, -0.05) is 6.07 Å². The molecule has 1 nitrogen and oxygen atoms in total. The summed E-state index contributed by atoms with van der Waals surface area (Å²) in [5, 5.41) is 3.63. The van der Waals surface area contributed by atoms with Crippen LogP contribution in [0.3, 0.4) is 0 Å². The van der Waals surface area contributed by atoms with Gasteiger partial charge in [-0.25, -0.2) is 8.78 Å². The Labute approximate surface area is 109 Å². The van der Waals surface area contributed by atoms with Crippen molar-refractivity contribution >= 4 is 23.7 Å². The monoisotopic (exact) mass is 275 g/mol. The third-order valence-electron chi connectivity index (χ3n) is 2.53. The van der Waals surface area contributed by atoms with Crippen LogP contribution in [0.5, 0.6) is 0 Å². The molecule has 0 saturated carbocycles. The van der Waals surface area contributed by atoms with Gasteiger partial charge in [-0.05, 0) is 40.9 Å². The molecule has 2 aromatic rings. The Morgan fingerprint density at radius 3 is 2.53 bits per heavy atom. The fraction of sp³-hybridized carbons (Fsp3) is 0.167. The molecule has 0 aliphatic rings. The van der Waals surface area contributed by atoms with Crippen molar-refractivity contribution in [3.8, 4) is 0 Å². The Morgan fingerprint density at radius 2 is 1.94 bits per heavy atom. The Bertz CT molecular complexity index is 499. The van der Waals surface area contributed by atoms with Crippen molar-refractivity contribution in [3.63, 3.8) is 0 Å². The molecule has 1 atom stereocenters. The van der Waals surface area contributed by atoms with Crippen molar-refractivity contribution in [1.82, 2.24) is 0 Å². The minimum atomic E-state index is -0.744. The molecular formula is C12H12ClF2NS. The van der Waals surface area contributed by atoms with E-state index in [1.807, 2.05) is 5.38 Å². The highest BCUT2D eigenvalue weighted by atomic mass is 35.5. The quantitative estimate of drug-likeness (QED) is 0.886. The summed E-state index contributed by atoms with van der Waals surface area (Å²) < 4.78 is 27.3. The molecule has 92 valence electrons. The largest absolute Gasteiger partial charge is 0.320 e. The van der Waals surface area contributed by atoms with E-state index in [1.54, 1.807) is 18.4 Å². The number of nitrogens with two attached hydrogens (primary N) is 1. The predicted molar refractivity (Wildman–Crippen MR) is 68.7 cm³/mol. The van der Waals surface area contributed by atoms with E-state index >= 15 is 0 Å². The van der Waals surface area contributed by atoms with E-state index in [0.717, 1.165) is 5.56 Å². The van der Waals surface area contributed by atoms with Gasteiger partial charge < -0.3 is 5.73 Å². The smallest absolute Gasteiger partial charge is 0.134 e. The fourth-order valence-electron chi connectivity index (χ4n) is 1.58. The Morgan fingerprint density at radius 1 is 1.24 bits per heavy atom. The molecule has 0 aliphatic heterocycles. The lowest BCUT2D eigenvalue weighted by atomic mass is 9.99. The zero-order valence-electron chi connectivity index (χ0n) is 9.11. The van der Waals surface area contributed by atoms with Crippen LogP contribution in [-0.4, -0.2) is 0 Å². The summed E-state index contributed by atoms with van der Waals surface area (Å²) in [6.07, 6.45) is 0. The molecule has 0 bridgehead atoms. The first-order valence-electron chi connectivity index (χ1n) is 4.83. The van der Waals surface area contributed by atoms with Crippen LogP contribution >= 0.6 is 23.7 Å². The van der Waals surface area contributed by atoms with E-state index in [2.05, 4.69) is 0 Å². The van der Waals surface area contributed by atoms with Gasteiger partial charge in [-0.3, -0.25) is 0 Å². The van der Waals surface area contributed by atoms with E-state index in [1.165, 1.54) is 23.5 Å². The molecule has 0 amide bonds. The molecule has 0 radical (unpaired) electrons. The van der Waals surface area contributed by atoms with E-state index < -0.39 is 17.7 Å². The standard InChI is InChI=1S/C12H11F2NS.ClH/c1-7-2-3-9(13)10(11(7)14)12(15)8-4-5-16-6-8;/h2-6,12H,15H2,1H3;1H/t12-;/m1./s1. The minimum Gasteiger partial charge on any atom is -0.320 e. The summed E-state index contributed by atoms with van der Waals surface area (Å²) in [6.45, 7) is 1.60. The summed E-state index contributed by atoms with van der Waals surface area (Å²) in [5.74, 6) is -1.15. The molecule has 0 unspecified atom stereocenters. The number of thiophene rings is 1. The first-order chi connectivity index (χ1) is 7.61. The molecule has 2 rings (SSSR count). The minimum absolute atomic E-state index is 0. The normalized spacial score (nSPS) is 12.0. The van der Waals surface area contributed by atoms with Gasteiger partial charge in [0.15, 0.2) is 0 Å². The van der Waals surface area contributed by atoms with Crippen LogP contribution in [0.2, 0.25) is 0 Å². The van der Waals surface area contributed by atoms with Crippen molar-refractivity contribution in [3.05, 3.63) is 57.3 Å². The third kappa shape index (κ3) is 2.65. The maximum Gasteiger partial charge on any atom is 0.134 e. The second kappa shape index (κ2) is 5.58. The number of benzene rings is 1. The molecule has 0 fully saturated rings. The Kier molecular flexibility index (Phi) is 4.62. The van der Waals surface area contributed by atoms with Crippen molar-refractivity contribution in [1.29, 1.82) is 0 Å². The molecule has 0 saturated heterocycles. The lowest BCUT2D eigenvalue weighted by molar-refractivity contribution is 0.538. The average Bonchev–Trinajstić information content (AvgIpc) is 2.77. The second-order valence-electron chi connectivity index (χ2n) is 3.63. The van der Waals surface area contributed by atoms with Crippen molar-refractivity contribution in [2.75, 3.05) is 0 Å². The zero-order chi connectivity index (χ0) is 11.7. The van der Waals surface area contributed by atoms with E-state index in [0.29, 0.717) is 5.56 Å². The summed E-state index contributed by atoms with van der Waals surface area (Å²) >= 11 is 1.45. The van der Waals surface area contributed by atoms with Gasteiger partial charge >= 0.3 is 0 Å². The van der Waals surface area contributed by atoms with E-state index in [4.69, 9.17) is 5.73 Å². The van der Waals surface area contributed by atoms with Gasteiger partial charge in [0.05, 0.1) is 6.04 Å². The topological polar surface area (TPSA) is 26.0 Å². The lowest BCUT2D eigenvalue weighted by Crippen LogP contribution is -2.15. The SMILES string of the molecule is Cc1ccc(F)c([C@H](N)c2ccsc2)c1F.Cl. The Hall–Kier alpha value is -0.970. The lowest BCUT2D eigenvalue weighted by Gasteiger charge is -2.13. The molecule has 5 heteroatoms. The summed E-state index contributed by atoms with van der Waals surface area (Å²) in [5.41, 5.74) is 6.94. The maximum atomic E-state index is 13.8. The van der Waals surface area contributed by atoms with Gasteiger partial charge in [0.1, 0.15) is 11.6 Å². The van der Waals surface area contributed by atoms with Gasteiger partial charge in [0.2, 0.25) is 0 Å². The summed E-state index contributed by atoms with van der Waals surface area (Å²) in [6, 6.07) is 3.69. The summed E-state index contributed by atoms with van der Waals surface area (Å²) in [4.78, 5) is 0. The first-order valence-corrected chi connectivity index (χ1v) is 5.77. The molecule has 1 heterocycles. The van der Waals surface area contributed by atoms with Crippen LogP contribution in [0, 0.1) is 18.6 Å². The molecular weight excluding hydrogens is 264 g/mol. The van der Waals surface area contributed by atoms with E-state index in [-0.39, 0.29) is 18.0 Å². The van der Waals surface area contributed by atoms with Crippen molar-refractivity contribution < 1.29 is 8.78 Å². The van der Waals surface area contributed by atoms with Gasteiger partial charge in [0.25, 0.3) is 0 Å². The van der Waals surface area contributed by atoms with Crippen LogP contribution in [0.15, 0.2) is 29.0 Å². The highest BCUT2D eigenvalue weighted by Crippen LogP contribution is 2.27.